The molecule has 0 unspecified atom stereocenters. The molecule has 0 spiro atoms. The van der Waals surface area contributed by atoms with Crippen molar-refractivity contribution >= 4 is 20.4 Å². The number of hydrogen-bond acceptors (Lipinski definition) is 8. The van der Waals surface area contributed by atoms with Crippen LogP contribution in [-0.2, 0) is 24.6 Å². The minimum atomic E-state index is -2.72. The van der Waals surface area contributed by atoms with Crippen molar-refractivity contribution in [3.63, 3.8) is 0 Å². The average molecular weight is 668 g/mol. The summed E-state index contributed by atoms with van der Waals surface area (Å²) in [5.74, 6) is 0.169. The Bertz CT molecular complexity index is 650. The second-order valence-corrected chi connectivity index (χ2v) is 8.55. The van der Waals surface area contributed by atoms with Crippen molar-refractivity contribution in [3.8, 4) is 11.5 Å². The molecule has 0 aliphatic heterocycles. The minimum absolute atomic E-state index is 0. The number of rotatable bonds is 12. The first kappa shape index (κ1) is 24.8. The van der Waals surface area contributed by atoms with Crippen molar-refractivity contribution in [2.45, 2.75) is 25.4 Å². The topological polar surface area (TPSA) is 118 Å². The SMILES string of the molecule is [CH2-]Oc1cc([N+](=O)[O-])c(CNC(=O)CCC[Si](OC)(OC)OC)cc1OC.[Rf]. The molecule has 1 N–H and O–H groups in total. The van der Waals surface area contributed by atoms with E-state index < -0.39 is 13.7 Å². The van der Waals surface area contributed by atoms with Crippen LogP contribution in [0.5, 0.6) is 11.5 Å². The summed E-state index contributed by atoms with van der Waals surface area (Å²) in [4.78, 5) is 22.8. The van der Waals surface area contributed by atoms with E-state index in [0.29, 0.717) is 18.0 Å². The molecule has 0 aliphatic carbocycles. The number of carbonyl (C=O) groups excluding carboxylic acids is 1. The van der Waals surface area contributed by atoms with Gasteiger partial charge in [-0.2, -0.15) is 7.11 Å². The number of nitro groups is 1. The van der Waals surface area contributed by atoms with E-state index in [-0.39, 0.29) is 36.1 Å². The van der Waals surface area contributed by atoms with Gasteiger partial charge in [-0.1, -0.05) is 0 Å². The Kier molecular flexibility index (Phi) is 10.2. The number of nitro benzene ring substituents is 1. The number of methoxy groups -OCH3 is 1. The van der Waals surface area contributed by atoms with E-state index in [1.165, 1.54) is 40.6 Å². The van der Waals surface area contributed by atoms with Crippen LogP contribution in [0, 0.1) is 17.2 Å². The molecule has 12 heteroatoms. The standard InChI is InChI=1S/C16H25N2O8Si.Rf/c1-22-14-9-12(13(18(20)21)10-15(14)23-2)11-17-16(19)7-6-8-27(24-3,25-4)26-5;/h9-10H,2,6-8,11H2,1,3-5H3,(H,17,19);/q-1;. The van der Waals surface area contributed by atoms with Crippen LogP contribution < -0.4 is 14.8 Å². The third-order valence-corrected chi connectivity index (χ3v) is 6.84. The summed E-state index contributed by atoms with van der Waals surface area (Å²) in [6, 6.07) is 3.13. The van der Waals surface area contributed by atoms with Gasteiger partial charge in [0, 0.05) is 40.3 Å². The number of carbonyl (C=O) groups is 1. The van der Waals surface area contributed by atoms with Crippen LogP contribution in [0.15, 0.2) is 12.1 Å². The predicted octanol–water partition coefficient (Wildman–Crippen LogP) is 2.05. The Hall–Kier alpha value is -3.21. The minimum Gasteiger partial charge on any atom is -0.663 e. The fraction of sp³-hybridized carbons (Fsp3) is 0.500. The first-order valence-corrected chi connectivity index (χ1v) is 9.99. The van der Waals surface area contributed by atoms with Crippen LogP contribution in [0.25, 0.3) is 0 Å². The van der Waals surface area contributed by atoms with Gasteiger partial charge in [0.1, 0.15) is 5.75 Å². The molecule has 0 fully saturated rings. The largest absolute Gasteiger partial charge is 0.663 e. The molecule has 0 radical (unpaired) electrons. The fourth-order valence-electron chi connectivity index (χ4n) is 2.48. The number of ether oxygens (including phenoxy) is 2. The molecule has 0 heterocycles. The maximum Gasteiger partial charge on any atom is 0.500 e. The van der Waals surface area contributed by atoms with Gasteiger partial charge >= 0.3 is 8.80 Å². The zero-order valence-electron chi connectivity index (χ0n) is 16.6. The van der Waals surface area contributed by atoms with E-state index in [1.54, 1.807) is 0 Å². The van der Waals surface area contributed by atoms with Gasteiger partial charge in [0.25, 0.3) is 5.69 Å². The normalized spacial score (nSPS) is 10.8. The zero-order valence-corrected chi connectivity index (χ0v) is 24.0. The summed E-state index contributed by atoms with van der Waals surface area (Å²) in [5.41, 5.74) is 0.0970. The quantitative estimate of drug-likeness (QED) is 0.156. The van der Waals surface area contributed by atoms with Crippen LogP contribution in [0.1, 0.15) is 18.4 Å². The monoisotopic (exact) mass is 668 g/mol. The predicted molar refractivity (Wildman–Crippen MR) is 98.3 cm³/mol. The maximum atomic E-state index is 12.1. The van der Waals surface area contributed by atoms with Crippen LogP contribution in [0.3, 0.4) is 0 Å². The average Bonchev–Trinajstić information content (AvgIpc) is 2.69. The van der Waals surface area contributed by atoms with Crippen LogP contribution in [-0.4, -0.2) is 48.1 Å². The number of benzene rings is 1. The molecule has 1 aromatic rings. The molecule has 28 heavy (non-hydrogen) atoms. The molecule has 1 amide bonds. The van der Waals surface area contributed by atoms with Crippen LogP contribution >= 0.6 is 0 Å². The molecule has 0 saturated carbocycles. The smallest absolute Gasteiger partial charge is 0.500 e. The van der Waals surface area contributed by atoms with Crippen molar-refractivity contribution < 1.29 is 32.5 Å². The molecular weight excluding hydrogens is 643 g/mol. The van der Waals surface area contributed by atoms with Crippen molar-refractivity contribution in [1.82, 2.24) is 5.32 Å². The first-order chi connectivity index (χ1) is 12.9. The van der Waals surface area contributed by atoms with E-state index in [1.807, 2.05) is 0 Å². The van der Waals surface area contributed by atoms with Gasteiger partial charge in [0.05, 0.1) is 23.7 Å². The number of amides is 1. The zero-order chi connectivity index (χ0) is 20.4. The van der Waals surface area contributed by atoms with Gasteiger partial charge in [-0.3, -0.25) is 14.9 Å². The van der Waals surface area contributed by atoms with Crippen LogP contribution in [0.4, 0.5) is 5.69 Å². The Morgan fingerprint density at radius 3 is 2.25 bits per heavy atom. The van der Waals surface area contributed by atoms with Gasteiger partial charge < -0.3 is 28.1 Å². The molecule has 1 rings (SSSR count). The second kappa shape index (κ2) is 11.5. The molecule has 0 bridgehead atoms. The molecule has 154 valence electrons. The Balaban J connectivity index is 0.00000729. The number of hydrogen-bond donors (Lipinski definition) is 1. The van der Waals surface area contributed by atoms with Gasteiger partial charge in [0.15, 0.2) is 5.75 Å². The van der Waals surface area contributed by atoms with Crippen molar-refractivity contribution in [2.24, 2.45) is 0 Å². The summed E-state index contributed by atoms with van der Waals surface area (Å²) >= 11 is 0. The maximum absolute atomic E-state index is 12.1. The molecule has 10 nitrogen and oxygen atoms in total. The van der Waals surface area contributed by atoms with Crippen molar-refractivity contribution in [2.75, 3.05) is 28.4 Å². The first-order valence-electron chi connectivity index (χ1n) is 8.05. The fourth-order valence-corrected chi connectivity index (χ4v) is 4.20. The Morgan fingerprint density at radius 1 is 1.18 bits per heavy atom. The second-order valence-electron chi connectivity index (χ2n) is 5.46. The molecule has 1 aromatic carbocycles. The van der Waals surface area contributed by atoms with Gasteiger partial charge in [-0.15, -0.1) is 0 Å². The third-order valence-electron chi connectivity index (χ3n) is 4.01. The van der Waals surface area contributed by atoms with Gasteiger partial charge in [0.2, 0.25) is 5.91 Å². The Labute approximate surface area is 159 Å². The summed E-state index contributed by atoms with van der Waals surface area (Å²) in [6.07, 6.45) is 0.698. The summed E-state index contributed by atoms with van der Waals surface area (Å²) in [5, 5.41) is 13.9. The summed E-state index contributed by atoms with van der Waals surface area (Å²) in [7, 11) is 6.44. The van der Waals surface area contributed by atoms with Crippen LogP contribution in [0.2, 0.25) is 6.04 Å². The third kappa shape index (κ3) is 6.19. The molecule has 0 aliphatic rings. The Morgan fingerprint density at radius 2 is 1.79 bits per heavy atom. The van der Waals surface area contributed by atoms with Gasteiger partial charge in [-0.25, -0.2) is 0 Å². The van der Waals surface area contributed by atoms with E-state index in [2.05, 4.69) is 12.4 Å². The summed E-state index contributed by atoms with van der Waals surface area (Å²) < 4.78 is 25.8. The van der Waals surface area contributed by atoms with Gasteiger partial charge in [-0.05, 0) is 12.5 Å². The number of nitrogens with zero attached hydrogens (tertiary/aromatic N) is 1. The van der Waals surface area contributed by atoms with E-state index in [4.69, 9.17) is 22.8 Å². The van der Waals surface area contributed by atoms with E-state index in [0.717, 1.165) is 0 Å². The number of nitrogens with one attached hydrogen (secondary N) is 1. The van der Waals surface area contributed by atoms with Crippen molar-refractivity contribution in [3.05, 3.63) is 34.9 Å². The molecule has 0 aromatic heterocycles. The summed E-state index contributed by atoms with van der Waals surface area (Å²) in [6.45, 7) is -0.0235. The molecule has 0 atom stereocenters. The molecular formula is C16H25N2O8RfSi-. The van der Waals surface area contributed by atoms with Crippen molar-refractivity contribution in [1.29, 1.82) is 0 Å². The van der Waals surface area contributed by atoms with E-state index in [9.17, 15) is 14.9 Å². The van der Waals surface area contributed by atoms with E-state index >= 15 is 0 Å². The molecule has 0 saturated heterocycles.